The molecule has 0 saturated heterocycles. The van der Waals surface area contributed by atoms with Gasteiger partial charge >= 0.3 is 0 Å². The number of carbonyl (C=O) groups is 2. The van der Waals surface area contributed by atoms with Gasteiger partial charge in [0.25, 0.3) is 5.91 Å². The molecule has 7 nitrogen and oxygen atoms in total. The number of benzene rings is 2. The molecule has 3 rings (SSSR count). The first-order chi connectivity index (χ1) is 16.2. The van der Waals surface area contributed by atoms with Gasteiger partial charge in [0.15, 0.2) is 0 Å². The number of hydrogen-bond donors (Lipinski definition) is 1. The second kappa shape index (κ2) is 11.4. The third kappa shape index (κ3) is 6.55. The van der Waals surface area contributed by atoms with Gasteiger partial charge in [-0.25, -0.2) is 4.39 Å². The molecule has 2 aromatic carbocycles. The fourth-order valence-electron chi connectivity index (χ4n) is 4.22. The molecule has 0 saturated carbocycles. The first-order valence-corrected chi connectivity index (χ1v) is 11.5. The number of nitrogens with one attached hydrogen (secondary N) is 1. The van der Waals surface area contributed by atoms with Crippen molar-refractivity contribution in [2.45, 2.75) is 39.5 Å². The highest BCUT2D eigenvalue weighted by Gasteiger charge is 2.28. The van der Waals surface area contributed by atoms with Crippen molar-refractivity contribution in [1.29, 1.82) is 0 Å². The number of ether oxygens (including phenoxy) is 2. The van der Waals surface area contributed by atoms with E-state index in [-0.39, 0.29) is 35.7 Å². The lowest BCUT2D eigenvalue weighted by molar-refractivity contribution is -0.114. The minimum absolute atomic E-state index is 0.0154. The van der Waals surface area contributed by atoms with Crippen LogP contribution in [0.25, 0.3) is 0 Å². The third-order valence-electron chi connectivity index (χ3n) is 6.17. The van der Waals surface area contributed by atoms with Crippen LogP contribution in [0.2, 0.25) is 0 Å². The van der Waals surface area contributed by atoms with Crippen molar-refractivity contribution in [3.05, 3.63) is 59.4 Å². The second-order valence-electron chi connectivity index (χ2n) is 9.05. The monoisotopic (exact) mass is 471 g/mol. The van der Waals surface area contributed by atoms with Crippen molar-refractivity contribution in [2.75, 3.05) is 39.2 Å². The minimum Gasteiger partial charge on any atom is -0.491 e. The maximum absolute atomic E-state index is 13.8. The molecular formula is C26H34FN3O4. The van der Waals surface area contributed by atoms with Crippen LogP contribution in [-0.4, -0.2) is 67.6 Å². The molecule has 2 amide bonds. The Morgan fingerprint density at radius 3 is 2.65 bits per heavy atom. The number of hydrogen-bond acceptors (Lipinski definition) is 5. The van der Waals surface area contributed by atoms with Gasteiger partial charge in [0.2, 0.25) is 5.91 Å². The molecule has 2 aromatic rings. The second-order valence-corrected chi connectivity index (χ2v) is 9.05. The molecule has 1 N–H and O–H groups in total. The van der Waals surface area contributed by atoms with E-state index in [4.69, 9.17) is 9.47 Å². The predicted molar refractivity (Wildman–Crippen MR) is 129 cm³/mol. The van der Waals surface area contributed by atoms with Crippen molar-refractivity contribution in [1.82, 2.24) is 9.80 Å². The number of amides is 2. The average molecular weight is 472 g/mol. The van der Waals surface area contributed by atoms with Gasteiger partial charge in [0, 0.05) is 52.4 Å². The Morgan fingerprint density at radius 1 is 1.21 bits per heavy atom. The zero-order valence-corrected chi connectivity index (χ0v) is 20.5. The molecule has 184 valence electrons. The van der Waals surface area contributed by atoms with Gasteiger partial charge in [0.1, 0.15) is 18.2 Å². The van der Waals surface area contributed by atoms with E-state index in [0.29, 0.717) is 43.2 Å². The largest absolute Gasteiger partial charge is 0.491 e. The van der Waals surface area contributed by atoms with Gasteiger partial charge in [-0.2, -0.15) is 0 Å². The van der Waals surface area contributed by atoms with Crippen molar-refractivity contribution in [2.24, 2.45) is 5.92 Å². The number of nitrogens with zero attached hydrogens (tertiary/aromatic N) is 2. The van der Waals surface area contributed by atoms with Crippen LogP contribution >= 0.6 is 0 Å². The van der Waals surface area contributed by atoms with Gasteiger partial charge in [-0.05, 0) is 48.7 Å². The molecule has 0 spiro atoms. The summed E-state index contributed by atoms with van der Waals surface area (Å²) in [6, 6.07) is 11.7. The molecule has 0 bridgehead atoms. The number of rotatable bonds is 4. The van der Waals surface area contributed by atoms with Crippen molar-refractivity contribution < 1.29 is 23.5 Å². The summed E-state index contributed by atoms with van der Waals surface area (Å²) in [5.74, 6) is -0.138. The number of likely N-dealkylation sites (N-methyl/N-ethyl adjacent to an activating group) is 1. The average Bonchev–Trinajstić information content (AvgIpc) is 2.79. The molecular weight excluding hydrogens is 437 g/mol. The lowest BCUT2D eigenvalue weighted by Gasteiger charge is -2.36. The van der Waals surface area contributed by atoms with E-state index < -0.39 is 0 Å². The molecule has 3 atom stereocenters. The van der Waals surface area contributed by atoms with E-state index in [1.807, 2.05) is 6.07 Å². The van der Waals surface area contributed by atoms with Gasteiger partial charge in [-0.3, -0.25) is 14.5 Å². The Hall–Kier alpha value is -2.97. The summed E-state index contributed by atoms with van der Waals surface area (Å²) < 4.78 is 25.7. The van der Waals surface area contributed by atoms with Gasteiger partial charge in [0.05, 0.1) is 11.7 Å². The highest BCUT2D eigenvalue weighted by Crippen LogP contribution is 2.27. The summed E-state index contributed by atoms with van der Waals surface area (Å²) in [5, 5.41) is 2.72. The van der Waals surface area contributed by atoms with Crippen LogP contribution in [0.5, 0.6) is 5.75 Å². The highest BCUT2D eigenvalue weighted by molar-refractivity contribution is 5.99. The maximum atomic E-state index is 13.8. The van der Waals surface area contributed by atoms with E-state index in [0.717, 1.165) is 5.56 Å². The number of methoxy groups -OCH3 is 1. The summed E-state index contributed by atoms with van der Waals surface area (Å²) in [6.07, 6.45) is -0.196. The maximum Gasteiger partial charge on any atom is 0.257 e. The third-order valence-corrected chi connectivity index (χ3v) is 6.17. The molecule has 0 aliphatic carbocycles. The molecule has 0 unspecified atom stereocenters. The first kappa shape index (κ1) is 25.6. The van der Waals surface area contributed by atoms with Crippen LogP contribution in [0.3, 0.4) is 0 Å². The molecule has 34 heavy (non-hydrogen) atoms. The van der Waals surface area contributed by atoms with E-state index in [2.05, 4.69) is 24.1 Å². The molecule has 0 radical (unpaired) electrons. The highest BCUT2D eigenvalue weighted by atomic mass is 19.1. The van der Waals surface area contributed by atoms with Gasteiger partial charge < -0.3 is 19.7 Å². The quantitative estimate of drug-likeness (QED) is 0.735. The Balaban J connectivity index is 1.94. The molecule has 0 fully saturated rings. The molecule has 1 aliphatic rings. The SMILES string of the molecule is CO[C@H]1CN(C)C(=O)c2cc(NC(C)=O)ccc2OC[C@@H](C)N(Cc2cccc(F)c2)C[C@H]1C. The minimum atomic E-state index is -0.261. The summed E-state index contributed by atoms with van der Waals surface area (Å²) in [6.45, 7) is 7.54. The normalized spacial score (nSPS) is 22.2. The molecule has 1 heterocycles. The van der Waals surface area contributed by atoms with Crippen molar-refractivity contribution >= 4 is 17.5 Å². The van der Waals surface area contributed by atoms with Gasteiger partial charge in [-0.1, -0.05) is 19.1 Å². The lowest BCUT2D eigenvalue weighted by atomic mass is 10.0. The van der Waals surface area contributed by atoms with E-state index in [9.17, 15) is 14.0 Å². The Labute approximate surface area is 200 Å². The predicted octanol–water partition coefficient (Wildman–Crippen LogP) is 3.79. The van der Waals surface area contributed by atoms with Crippen molar-refractivity contribution in [3.8, 4) is 5.75 Å². The summed E-state index contributed by atoms with van der Waals surface area (Å²) in [5.41, 5.74) is 1.79. The Kier molecular flexibility index (Phi) is 8.63. The summed E-state index contributed by atoms with van der Waals surface area (Å²) in [7, 11) is 3.38. The van der Waals surface area contributed by atoms with Crippen LogP contribution in [0.4, 0.5) is 10.1 Å². The van der Waals surface area contributed by atoms with E-state index >= 15 is 0 Å². The summed E-state index contributed by atoms with van der Waals surface area (Å²) in [4.78, 5) is 28.7. The number of fused-ring (bicyclic) bond motifs is 1. The van der Waals surface area contributed by atoms with Crippen LogP contribution in [0.1, 0.15) is 36.7 Å². The number of carbonyl (C=O) groups excluding carboxylic acids is 2. The zero-order valence-electron chi connectivity index (χ0n) is 20.5. The van der Waals surface area contributed by atoms with Gasteiger partial charge in [-0.15, -0.1) is 0 Å². The van der Waals surface area contributed by atoms with E-state index in [1.54, 1.807) is 49.4 Å². The Morgan fingerprint density at radius 2 is 1.97 bits per heavy atom. The molecule has 0 aromatic heterocycles. The first-order valence-electron chi connectivity index (χ1n) is 11.5. The zero-order chi connectivity index (χ0) is 24.8. The van der Waals surface area contributed by atoms with E-state index in [1.165, 1.54) is 13.0 Å². The van der Waals surface area contributed by atoms with Crippen LogP contribution in [0.15, 0.2) is 42.5 Å². The van der Waals surface area contributed by atoms with Crippen molar-refractivity contribution in [3.63, 3.8) is 0 Å². The number of halogens is 1. The Bertz CT molecular complexity index is 1020. The van der Waals surface area contributed by atoms with Crippen LogP contribution in [0, 0.1) is 11.7 Å². The number of anilines is 1. The van der Waals surface area contributed by atoms with Crippen LogP contribution < -0.4 is 10.1 Å². The molecule has 1 aliphatic heterocycles. The standard InChI is InChI=1S/C26H34FN3O4/c1-17-13-30(14-20-7-6-8-21(27)11-20)18(2)16-34-24-10-9-22(28-19(3)31)12-23(24)26(32)29(4)15-25(17)33-5/h6-12,17-18,25H,13-16H2,1-5H3,(H,28,31)/t17-,18-,25+/m1/s1. The topological polar surface area (TPSA) is 71.1 Å². The lowest BCUT2D eigenvalue weighted by Crippen LogP contribution is -2.46. The fourth-order valence-corrected chi connectivity index (χ4v) is 4.22. The molecule has 8 heteroatoms. The fraction of sp³-hybridized carbons (Fsp3) is 0.462. The smallest absolute Gasteiger partial charge is 0.257 e. The van der Waals surface area contributed by atoms with Crippen LogP contribution in [-0.2, 0) is 16.1 Å². The summed E-state index contributed by atoms with van der Waals surface area (Å²) >= 11 is 0.